The van der Waals surface area contributed by atoms with Gasteiger partial charge in [0, 0.05) is 19.6 Å². The number of rotatable bonds is 30. The van der Waals surface area contributed by atoms with Crippen molar-refractivity contribution >= 4 is 23.6 Å². The number of carbonyl (C=O) groups excluding carboxylic acids is 4. The summed E-state index contributed by atoms with van der Waals surface area (Å²) in [5.41, 5.74) is 16.6. The van der Waals surface area contributed by atoms with Gasteiger partial charge < -0.3 is 57.4 Å². The highest BCUT2D eigenvalue weighted by atomic mass is 16.6. The van der Waals surface area contributed by atoms with Crippen LogP contribution in [0.5, 0.6) is 0 Å². The molecule has 0 aliphatic carbocycles. The van der Waals surface area contributed by atoms with Crippen LogP contribution in [0.25, 0.3) is 0 Å². The van der Waals surface area contributed by atoms with E-state index in [1.165, 1.54) is 0 Å². The molecule has 0 rings (SSSR count). The Hall–Kier alpha value is -2.98. The van der Waals surface area contributed by atoms with Crippen LogP contribution in [0.15, 0.2) is 12.4 Å². The molecule has 3 unspecified atom stereocenters. The summed E-state index contributed by atoms with van der Waals surface area (Å²) < 4.78 is 21.6. The molecule has 0 aliphatic rings. The van der Waals surface area contributed by atoms with Crippen LogP contribution in [0.1, 0.15) is 65.7 Å². The van der Waals surface area contributed by atoms with Crippen LogP contribution >= 0.6 is 0 Å². The number of carbonyl (C=O) groups is 4. The zero-order chi connectivity index (χ0) is 33.9. The molecule has 10 N–H and O–H groups in total. The van der Waals surface area contributed by atoms with Gasteiger partial charge in [0.15, 0.2) is 0 Å². The molecule has 0 aromatic heterocycles. The van der Waals surface area contributed by atoms with E-state index in [2.05, 4.69) is 27.8 Å². The first-order chi connectivity index (χ1) is 21.5. The lowest BCUT2D eigenvalue weighted by Gasteiger charge is -2.27. The minimum absolute atomic E-state index is 0.0439. The Labute approximate surface area is 268 Å². The minimum atomic E-state index is -0.960. The molecule has 0 aromatic rings. The molecule has 15 heteroatoms. The van der Waals surface area contributed by atoms with Crippen molar-refractivity contribution in [1.29, 1.82) is 0 Å². The molecular weight excluding hydrogens is 586 g/mol. The van der Waals surface area contributed by atoms with E-state index in [4.69, 9.17) is 36.1 Å². The van der Waals surface area contributed by atoms with Gasteiger partial charge in [0.1, 0.15) is 18.1 Å². The second kappa shape index (κ2) is 27.3. The summed E-state index contributed by atoms with van der Waals surface area (Å²) >= 11 is 0. The third-order valence-corrected chi connectivity index (χ3v) is 6.47. The van der Waals surface area contributed by atoms with Crippen molar-refractivity contribution < 1.29 is 38.1 Å². The summed E-state index contributed by atoms with van der Waals surface area (Å²) in [5.74, 6) is -2.13. The minimum Gasteiger partial charge on any atom is -0.386 e. The van der Waals surface area contributed by atoms with Crippen LogP contribution in [-0.2, 0) is 38.1 Å². The Morgan fingerprint density at radius 2 is 1.27 bits per heavy atom. The molecule has 4 amide bonds. The first-order valence-electron chi connectivity index (χ1n) is 15.9. The van der Waals surface area contributed by atoms with Crippen molar-refractivity contribution in [2.75, 3.05) is 65.9 Å². The number of primary amides is 1. The predicted molar refractivity (Wildman–Crippen MR) is 171 cm³/mol. The van der Waals surface area contributed by atoms with Crippen LogP contribution in [0.3, 0.4) is 0 Å². The molecule has 15 nitrogen and oxygen atoms in total. The van der Waals surface area contributed by atoms with Crippen LogP contribution in [-0.4, -0.2) is 108 Å². The molecule has 262 valence electrons. The van der Waals surface area contributed by atoms with Crippen molar-refractivity contribution in [3.8, 4) is 0 Å². The molecule has 0 fully saturated rings. The van der Waals surface area contributed by atoms with Crippen molar-refractivity contribution in [2.24, 2.45) is 23.1 Å². The van der Waals surface area contributed by atoms with Gasteiger partial charge in [-0.05, 0) is 51.0 Å². The average molecular weight is 646 g/mol. The van der Waals surface area contributed by atoms with Crippen LogP contribution in [0.4, 0.5) is 0 Å². The normalized spacial score (nSPS) is 13.1. The molecule has 0 aliphatic heterocycles. The lowest BCUT2D eigenvalue weighted by molar-refractivity contribution is -0.134. The molecule has 0 heterocycles. The maximum Gasteiger partial charge on any atom is 0.243 e. The van der Waals surface area contributed by atoms with Crippen LogP contribution in [0.2, 0.25) is 0 Å². The van der Waals surface area contributed by atoms with Gasteiger partial charge in [0.05, 0.1) is 52.1 Å². The Balaban J connectivity index is 4.75. The van der Waals surface area contributed by atoms with Gasteiger partial charge >= 0.3 is 0 Å². The van der Waals surface area contributed by atoms with E-state index in [1.807, 2.05) is 6.92 Å². The Bertz CT molecular complexity index is 847. The van der Waals surface area contributed by atoms with E-state index in [9.17, 15) is 19.2 Å². The predicted octanol–water partition coefficient (Wildman–Crippen LogP) is -0.623. The molecule has 3 atom stereocenters. The van der Waals surface area contributed by atoms with Crippen molar-refractivity contribution in [3.63, 3.8) is 0 Å². The first kappa shape index (κ1) is 42.0. The fourth-order valence-electron chi connectivity index (χ4n) is 3.99. The zero-order valence-corrected chi connectivity index (χ0v) is 27.5. The number of amides is 4. The van der Waals surface area contributed by atoms with Gasteiger partial charge in [-0.15, -0.1) is 0 Å². The molecule has 0 saturated heterocycles. The van der Waals surface area contributed by atoms with E-state index in [0.29, 0.717) is 84.2 Å². The molecule has 0 saturated carbocycles. The number of hydrogen-bond acceptors (Lipinski definition) is 11. The van der Waals surface area contributed by atoms with E-state index < -0.39 is 35.8 Å². The molecule has 0 spiro atoms. The Morgan fingerprint density at radius 1 is 0.711 bits per heavy atom. The highest BCUT2D eigenvalue weighted by Crippen LogP contribution is 2.08. The lowest BCUT2D eigenvalue weighted by Crippen LogP contribution is -2.58. The second-order valence-corrected chi connectivity index (χ2v) is 10.9. The van der Waals surface area contributed by atoms with E-state index in [0.717, 1.165) is 13.0 Å². The third kappa shape index (κ3) is 23.1. The summed E-state index contributed by atoms with van der Waals surface area (Å²) in [6.07, 6.45) is 3.40. The zero-order valence-electron chi connectivity index (χ0n) is 27.5. The van der Waals surface area contributed by atoms with Crippen LogP contribution in [0, 0.1) is 5.92 Å². The fourth-order valence-corrected chi connectivity index (χ4v) is 3.99. The molecule has 0 aromatic carbocycles. The monoisotopic (exact) mass is 645 g/mol. The fraction of sp³-hybridized carbons (Fsp3) is 0.800. The van der Waals surface area contributed by atoms with Crippen LogP contribution < -0.4 is 38.5 Å². The number of nitrogens with one attached hydrogen (secondary N) is 4. The maximum atomic E-state index is 13.3. The summed E-state index contributed by atoms with van der Waals surface area (Å²) in [6.45, 7) is 13.5. The van der Waals surface area contributed by atoms with E-state index in [-0.39, 0.29) is 31.3 Å². The van der Waals surface area contributed by atoms with Crippen molar-refractivity contribution in [2.45, 2.75) is 83.8 Å². The highest BCUT2D eigenvalue weighted by molar-refractivity contribution is 5.94. The Morgan fingerprint density at radius 3 is 1.78 bits per heavy atom. The van der Waals surface area contributed by atoms with Gasteiger partial charge in [-0.2, -0.15) is 0 Å². The molecule has 0 radical (unpaired) electrons. The van der Waals surface area contributed by atoms with E-state index >= 15 is 0 Å². The van der Waals surface area contributed by atoms with E-state index in [1.54, 1.807) is 13.8 Å². The topological polar surface area (TPSA) is 231 Å². The number of ether oxygens (including phenoxy) is 4. The van der Waals surface area contributed by atoms with Gasteiger partial charge in [-0.3, -0.25) is 19.2 Å². The number of nitrogens with two attached hydrogens (primary N) is 3. The first-order valence-corrected chi connectivity index (χ1v) is 15.9. The standard InChI is InChI=1S/C30H59N7O8/c1-5-14-42-16-18-44-20-21-45-19-17-43-15-11-26(38)35-25(9-6-7-12-31)29(40)37-27(22(2)3)30(41)36-24(28(33)39)10-8-13-34-23(4)32/h22,24-25,27,34H,4-21,31-32H2,1-3H3,(H2,33,39)(H,35,38)(H,36,41)(H,37,40). The number of hydrogen-bond donors (Lipinski definition) is 7. The molecular formula is C30H59N7O8. The lowest BCUT2D eigenvalue weighted by atomic mass is 10.0. The highest BCUT2D eigenvalue weighted by Gasteiger charge is 2.30. The molecule has 0 bridgehead atoms. The summed E-state index contributed by atoms with van der Waals surface area (Å²) in [6, 6.07) is -2.77. The van der Waals surface area contributed by atoms with Gasteiger partial charge in [0.2, 0.25) is 23.6 Å². The number of unbranched alkanes of at least 4 members (excludes halogenated alkanes) is 1. The second-order valence-electron chi connectivity index (χ2n) is 10.9. The third-order valence-electron chi connectivity index (χ3n) is 6.47. The van der Waals surface area contributed by atoms with Crippen molar-refractivity contribution in [3.05, 3.63) is 12.4 Å². The SMILES string of the molecule is C=C(N)NCCCC(NC(=O)C(NC(=O)C(CCCCN)NC(=O)CCOCCOCCOCCOCCC)C(C)C)C(N)=O. The molecule has 45 heavy (non-hydrogen) atoms. The van der Waals surface area contributed by atoms with Gasteiger partial charge in [-0.1, -0.05) is 27.4 Å². The summed E-state index contributed by atoms with van der Waals surface area (Å²) in [7, 11) is 0. The smallest absolute Gasteiger partial charge is 0.243 e. The van der Waals surface area contributed by atoms with Gasteiger partial charge in [0.25, 0.3) is 0 Å². The average Bonchev–Trinajstić information content (AvgIpc) is 2.98. The Kier molecular flexibility index (Phi) is 25.5. The largest absolute Gasteiger partial charge is 0.386 e. The summed E-state index contributed by atoms with van der Waals surface area (Å²) in [5, 5.41) is 11.0. The van der Waals surface area contributed by atoms with Crippen molar-refractivity contribution in [1.82, 2.24) is 21.3 Å². The quantitative estimate of drug-likeness (QED) is 0.0487. The maximum absolute atomic E-state index is 13.3. The van der Waals surface area contributed by atoms with Gasteiger partial charge in [-0.25, -0.2) is 0 Å². The summed E-state index contributed by atoms with van der Waals surface area (Å²) in [4.78, 5) is 51.0.